The molecule has 77 valence electrons. The number of carboxylic acid groups (broad SMARTS) is 1. The quantitative estimate of drug-likeness (QED) is 0.709. The molecule has 0 aromatic rings. The van der Waals surface area contributed by atoms with E-state index < -0.39 is 5.97 Å². The molecular weight excluding hydrogens is 179 g/mol. The van der Waals surface area contributed by atoms with E-state index in [4.69, 9.17) is 5.11 Å². The highest BCUT2D eigenvalue weighted by molar-refractivity contribution is 6.38. The monoisotopic (exact) mass is 201 g/mol. The normalized spacial score (nSPS) is 9.46. The number of aliphatic carboxylic acids is 1. The molecule has 0 saturated heterocycles. The SMILES string of the molecule is CCCC(=O)O.C[CH](C)[Al][CH](C)C. The molecule has 0 unspecified atom stereocenters. The molecule has 0 rings (SSSR count). The summed E-state index contributed by atoms with van der Waals surface area (Å²) in [6.07, 6.45) is 1.02. The van der Waals surface area contributed by atoms with Crippen LogP contribution in [0.15, 0.2) is 0 Å². The van der Waals surface area contributed by atoms with E-state index in [1.54, 1.807) is 0 Å². The summed E-state index contributed by atoms with van der Waals surface area (Å²) in [4.78, 5) is 9.60. The molecule has 0 spiro atoms. The van der Waals surface area contributed by atoms with Crippen LogP contribution in [0.1, 0.15) is 47.5 Å². The van der Waals surface area contributed by atoms with Crippen LogP contribution in [0, 0.1) is 0 Å². The number of rotatable bonds is 4. The Morgan fingerprint density at radius 1 is 1.23 bits per heavy atom. The fraction of sp³-hybridized carbons (Fsp3) is 0.900. The zero-order valence-corrected chi connectivity index (χ0v) is 10.7. The van der Waals surface area contributed by atoms with Gasteiger partial charge in [0.05, 0.1) is 0 Å². The van der Waals surface area contributed by atoms with Crippen molar-refractivity contribution in [3.05, 3.63) is 0 Å². The van der Waals surface area contributed by atoms with Gasteiger partial charge in [0.2, 0.25) is 15.2 Å². The van der Waals surface area contributed by atoms with Crippen LogP contribution < -0.4 is 0 Å². The number of hydrogen-bond acceptors (Lipinski definition) is 1. The average molecular weight is 201 g/mol. The van der Waals surface area contributed by atoms with Crippen LogP contribution in [-0.2, 0) is 4.79 Å². The molecule has 1 radical (unpaired) electrons. The zero-order chi connectivity index (χ0) is 10.9. The van der Waals surface area contributed by atoms with Gasteiger partial charge >= 0.3 is 5.97 Å². The zero-order valence-electron chi connectivity index (χ0n) is 9.50. The molecule has 0 fully saturated rings. The van der Waals surface area contributed by atoms with E-state index >= 15 is 0 Å². The van der Waals surface area contributed by atoms with Crippen molar-refractivity contribution in [2.24, 2.45) is 0 Å². The highest BCUT2D eigenvalue weighted by atomic mass is 27.1. The molecule has 0 heterocycles. The third-order valence-electron chi connectivity index (χ3n) is 1.23. The van der Waals surface area contributed by atoms with Crippen molar-refractivity contribution in [3.63, 3.8) is 0 Å². The minimum Gasteiger partial charge on any atom is -0.481 e. The van der Waals surface area contributed by atoms with E-state index in [0.717, 1.165) is 16.0 Å². The molecule has 0 aliphatic heterocycles. The number of hydrogen-bond donors (Lipinski definition) is 1. The van der Waals surface area contributed by atoms with Gasteiger partial charge in [0.1, 0.15) is 0 Å². The molecule has 0 bridgehead atoms. The van der Waals surface area contributed by atoms with Gasteiger partial charge in [-0.15, -0.1) is 0 Å². The molecular formula is C10H22AlO2. The van der Waals surface area contributed by atoms with Crippen molar-refractivity contribution in [2.75, 3.05) is 0 Å². The second-order valence-corrected chi connectivity index (χ2v) is 6.88. The molecule has 3 heteroatoms. The third kappa shape index (κ3) is 24.5. The fourth-order valence-corrected chi connectivity index (χ4v) is 2.52. The van der Waals surface area contributed by atoms with Crippen molar-refractivity contribution >= 4 is 21.2 Å². The van der Waals surface area contributed by atoms with Crippen LogP contribution >= 0.6 is 0 Å². The van der Waals surface area contributed by atoms with E-state index in [-0.39, 0.29) is 0 Å². The second-order valence-electron chi connectivity index (χ2n) is 3.82. The summed E-state index contributed by atoms with van der Waals surface area (Å²) in [5.74, 6) is -0.711. The van der Waals surface area contributed by atoms with Crippen molar-refractivity contribution in [2.45, 2.75) is 57.0 Å². The predicted molar refractivity (Wildman–Crippen MR) is 58.5 cm³/mol. The summed E-state index contributed by atoms with van der Waals surface area (Å²) in [7, 11) is 0. The molecule has 0 aliphatic rings. The van der Waals surface area contributed by atoms with Crippen molar-refractivity contribution in [1.82, 2.24) is 0 Å². The molecule has 2 nitrogen and oxygen atoms in total. The van der Waals surface area contributed by atoms with Gasteiger partial charge in [0.15, 0.2) is 0 Å². The first kappa shape index (κ1) is 15.5. The third-order valence-corrected chi connectivity index (χ3v) is 2.77. The van der Waals surface area contributed by atoms with Crippen molar-refractivity contribution < 1.29 is 9.90 Å². The van der Waals surface area contributed by atoms with Gasteiger partial charge in [-0.2, -0.15) is 0 Å². The van der Waals surface area contributed by atoms with E-state index in [0.29, 0.717) is 21.6 Å². The van der Waals surface area contributed by atoms with Gasteiger partial charge < -0.3 is 5.11 Å². The Kier molecular flexibility index (Phi) is 12.0. The number of carbonyl (C=O) groups is 1. The van der Waals surface area contributed by atoms with Crippen molar-refractivity contribution in [1.29, 1.82) is 0 Å². The second kappa shape index (κ2) is 10.1. The molecule has 0 amide bonds. The minimum absolute atomic E-state index is 0.292. The largest absolute Gasteiger partial charge is 0.481 e. The molecule has 0 aliphatic carbocycles. The van der Waals surface area contributed by atoms with E-state index in [9.17, 15) is 4.79 Å². The Hall–Kier alpha value is 0.00247. The minimum atomic E-state index is -0.711. The summed E-state index contributed by atoms with van der Waals surface area (Å²) in [5, 5.41) is 7.91. The fourth-order valence-electron chi connectivity index (χ4n) is 0.984. The Morgan fingerprint density at radius 3 is 1.62 bits per heavy atom. The maximum absolute atomic E-state index is 9.60. The molecule has 0 atom stereocenters. The predicted octanol–water partition coefficient (Wildman–Crippen LogP) is 3.22. The van der Waals surface area contributed by atoms with E-state index in [1.165, 1.54) is 0 Å². The molecule has 1 N–H and O–H groups in total. The van der Waals surface area contributed by atoms with Crippen LogP contribution in [0.2, 0.25) is 9.56 Å². The van der Waals surface area contributed by atoms with Crippen LogP contribution in [-0.4, -0.2) is 26.3 Å². The van der Waals surface area contributed by atoms with Gasteiger partial charge in [-0.3, -0.25) is 4.79 Å². The lowest BCUT2D eigenvalue weighted by atomic mass is 10.4. The maximum atomic E-state index is 9.60. The molecule has 0 aromatic carbocycles. The summed E-state index contributed by atoms with van der Waals surface area (Å²) >= 11 is 0.713. The number of carboxylic acids is 1. The lowest BCUT2D eigenvalue weighted by Crippen LogP contribution is -1.98. The van der Waals surface area contributed by atoms with Crippen LogP contribution in [0.5, 0.6) is 0 Å². The maximum Gasteiger partial charge on any atom is 0.303 e. The van der Waals surface area contributed by atoms with Gasteiger partial charge in [-0.25, -0.2) is 0 Å². The summed E-state index contributed by atoms with van der Waals surface area (Å²) in [5.41, 5.74) is 0. The van der Waals surface area contributed by atoms with E-state index in [2.05, 4.69) is 27.7 Å². The first-order valence-corrected chi connectivity index (χ1v) is 6.30. The van der Waals surface area contributed by atoms with E-state index in [1.807, 2.05) is 6.92 Å². The first-order chi connectivity index (χ1) is 5.90. The van der Waals surface area contributed by atoms with Gasteiger partial charge in [-0.05, 0) is 6.42 Å². The Morgan fingerprint density at radius 2 is 1.62 bits per heavy atom. The molecule has 13 heavy (non-hydrogen) atoms. The molecule has 0 saturated carbocycles. The Balaban J connectivity index is 0. The Labute approximate surface area is 88.4 Å². The van der Waals surface area contributed by atoms with Gasteiger partial charge in [0, 0.05) is 6.42 Å². The molecule has 0 aromatic heterocycles. The highest BCUT2D eigenvalue weighted by Gasteiger charge is 1.99. The lowest BCUT2D eigenvalue weighted by molar-refractivity contribution is -0.137. The van der Waals surface area contributed by atoms with Crippen molar-refractivity contribution in [3.8, 4) is 0 Å². The standard InChI is InChI=1S/C4H8O2.2C3H7.Al/c1-2-3-4(5)6;2*1-3-2;/h2-3H2,1H3,(H,5,6);2*3H,1-2H3;. The lowest BCUT2D eigenvalue weighted by Gasteiger charge is -2.02. The van der Waals surface area contributed by atoms with Crippen LogP contribution in [0.4, 0.5) is 0 Å². The first-order valence-electron chi connectivity index (χ1n) is 4.96. The van der Waals surface area contributed by atoms with Gasteiger partial charge in [0.25, 0.3) is 0 Å². The van der Waals surface area contributed by atoms with Gasteiger partial charge in [-0.1, -0.05) is 44.2 Å². The summed E-state index contributed by atoms with van der Waals surface area (Å²) < 4.78 is 1.92. The highest BCUT2D eigenvalue weighted by Crippen LogP contribution is 2.07. The topological polar surface area (TPSA) is 37.3 Å². The van der Waals surface area contributed by atoms with Crippen LogP contribution in [0.25, 0.3) is 0 Å². The summed E-state index contributed by atoms with van der Waals surface area (Å²) in [6, 6.07) is 0. The average Bonchev–Trinajstić information content (AvgIpc) is 1.83. The smallest absolute Gasteiger partial charge is 0.303 e. The Bertz CT molecular complexity index is 116. The summed E-state index contributed by atoms with van der Waals surface area (Å²) in [6.45, 7) is 11.0. The van der Waals surface area contributed by atoms with Crippen LogP contribution in [0.3, 0.4) is 0 Å².